The Morgan fingerprint density at radius 3 is 2.16 bits per heavy atom. The molecule has 4 N–H and O–H groups in total. The van der Waals surface area contributed by atoms with Crippen LogP contribution in [0, 0.1) is 11.8 Å². The molecule has 1 atom stereocenters. The minimum absolute atomic E-state index is 0.250. The lowest BCUT2D eigenvalue weighted by molar-refractivity contribution is -0.191. The Labute approximate surface area is 194 Å². The van der Waals surface area contributed by atoms with Crippen LogP contribution in [0.4, 0.5) is 0 Å². The van der Waals surface area contributed by atoms with Crippen molar-refractivity contribution < 1.29 is 24.4 Å². The average Bonchev–Trinajstić information content (AvgIpc) is 2.73. The summed E-state index contributed by atoms with van der Waals surface area (Å²) in [5.41, 5.74) is 7.64. The summed E-state index contributed by atoms with van der Waals surface area (Å²) < 4.78 is 5.84. The fraction of sp³-hybridized carbons (Fsp3) is 0.458. The molecule has 1 aliphatic rings. The maximum absolute atomic E-state index is 8.88. The smallest absolute Gasteiger partial charge is 0.451 e. The van der Waals surface area contributed by atoms with Crippen LogP contribution < -0.4 is 10.5 Å². The van der Waals surface area contributed by atoms with E-state index >= 15 is 0 Å². The van der Waals surface area contributed by atoms with E-state index < -0.39 is 7.12 Å². The van der Waals surface area contributed by atoms with Crippen molar-refractivity contribution in [3.8, 4) is 11.5 Å². The topological polar surface area (TPSA) is 110 Å². The molecule has 32 heavy (non-hydrogen) atoms. The molecule has 3 rings (SSSR count). The third kappa shape index (κ3) is 9.55. The lowest BCUT2D eigenvalue weighted by Crippen LogP contribution is -2.39. The SMILES string of the molecule is NC(CCCCB(O)O)C1CC(CCc2ccc(Oc3ccc(Cl)cc3)cc2)C1.O=C=O. The normalized spacial score (nSPS) is 17.9. The van der Waals surface area contributed by atoms with Crippen LogP contribution in [0.2, 0.25) is 11.3 Å². The molecular formula is C24H31BClNO5. The van der Waals surface area contributed by atoms with Gasteiger partial charge in [0, 0.05) is 11.1 Å². The van der Waals surface area contributed by atoms with Gasteiger partial charge in [0.05, 0.1) is 0 Å². The van der Waals surface area contributed by atoms with Crippen molar-refractivity contribution >= 4 is 24.9 Å². The molecule has 8 heteroatoms. The number of halogens is 1. The molecule has 0 saturated heterocycles. The summed E-state index contributed by atoms with van der Waals surface area (Å²) in [6, 6.07) is 16.0. The van der Waals surface area contributed by atoms with E-state index in [1.54, 1.807) is 0 Å². The highest BCUT2D eigenvalue weighted by Gasteiger charge is 2.32. The van der Waals surface area contributed by atoms with Crippen LogP contribution in [-0.4, -0.2) is 29.4 Å². The van der Waals surface area contributed by atoms with Crippen molar-refractivity contribution in [2.75, 3.05) is 0 Å². The number of unbranched alkanes of at least 4 members (excludes halogenated alkanes) is 1. The maximum atomic E-state index is 8.88. The van der Waals surface area contributed by atoms with E-state index in [-0.39, 0.29) is 12.2 Å². The van der Waals surface area contributed by atoms with Crippen LogP contribution in [0.5, 0.6) is 11.5 Å². The number of carbonyl (C=O) groups excluding carboxylic acids is 2. The maximum Gasteiger partial charge on any atom is 0.451 e. The Balaban J connectivity index is 0.00000114. The molecule has 0 spiro atoms. The van der Waals surface area contributed by atoms with Gasteiger partial charge in [-0.2, -0.15) is 9.59 Å². The Morgan fingerprint density at radius 2 is 1.59 bits per heavy atom. The number of aryl methyl sites for hydroxylation is 1. The van der Waals surface area contributed by atoms with Crippen LogP contribution in [-0.2, 0) is 16.0 Å². The predicted molar refractivity (Wildman–Crippen MR) is 124 cm³/mol. The van der Waals surface area contributed by atoms with Crippen molar-refractivity contribution in [3.05, 3.63) is 59.1 Å². The van der Waals surface area contributed by atoms with Gasteiger partial charge in [-0.3, -0.25) is 0 Å². The van der Waals surface area contributed by atoms with Crippen LogP contribution in [0.1, 0.15) is 44.1 Å². The van der Waals surface area contributed by atoms with E-state index in [1.165, 1.54) is 24.8 Å². The summed E-state index contributed by atoms with van der Waals surface area (Å²) in [7, 11) is -1.18. The Kier molecular flexibility index (Phi) is 11.5. The monoisotopic (exact) mass is 459 g/mol. The van der Waals surface area contributed by atoms with Gasteiger partial charge in [-0.1, -0.05) is 36.6 Å². The first-order valence-electron chi connectivity index (χ1n) is 11.0. The fourth-order valence-corrected chi connectivity index (χ4v) is 4.17. The van der Waals surface area contributed by atoms with E-state index in [2.05, 4.69) is 12.1 Å². The minimum Gasteiger partial charge on any atom is -0.457 e. The summed E-state index contributed by atoms with van der Waals surface area (Å²) >= 11 is 5.90. The first-order valence-corrected chi connectivity index (χ1v) is 11.4. The lowest BCUT2D eigenvalue weighted by atomic mass is 9.68. The minimum atomic E-state index is -1.18. The summed E-state index contributed by atoms with van der Waals surface area (Å²) in [5.74, 6) is 3.02. The number of nitrogens with two attached hydrogens (primary N) is 1. The molecule has 0 amide bonds. The average molecular weight is 460 g/mol. The lowest BCUT2D eigenvalue weighted by Gasteiger charge is -2.39. The number of hydrogen-bond acceptors (Lipinski definition) is 6. The quantitative estimate of drug-likeness (QED) is 0.337. The van der Waals surface area contributed by atoms with E-state index in [0.717, 1.165) is 43.1 Å². The number of hydrogen-bond donors (Lipinski definition) is 3. The molecule has 0 radical (unpaired) electrons. The molecule has 1 unspecified atom stereocenters. The van der Waals surface area contributed by atoms with Crippen LogP contribution in [0.15, 0.2) is 48.5 Å². The molecule has 0 bridgehead atoms. The summed E-state index contributed by atoms with van der Waals surface area (Å²) in [4.78, 5) is 16.2. The Hall–Kier alpha value is -2.15. The summed E-state index contributed by atoms with van der Waals surface area (Å²) in [5, 5.41) is 18.5. The zero-order valence-corrected chi connectivity index (χ0v) is 18.9. The van der Waals surface area contributed by atoms with E-state index in [9.17, 15) is 0 Å². The Bertz CT molecular complexity index is 819. The number of benzene rings is 2. The molecule has 2 aromatic rings. The largest absolute Gasteiger partial charge is 0.457 e. The van der Waals surface area contributed by atoms with Crippen molar-refractivity contribution in [2.24, 2.45) is 17.6 Å². The van der Waals surface area contributed by atoms with Crippen molar-refractivity contribution in [2.45, 2.75) is 57.3 Å². The first-order chi connectivity index (χ1) is 15.4. The fourth-order valence-electron chi connectivity index (χ4n) is 4.05. The van der Waals surface area contributed by atoms with Crippen LogP contribution in [0.25, 0.3) is 0 Å². The van der Waals surface area contributed by atoms with E-state index in [0.29, 0.717) is 17.3 Å². The second kappa shape index (κ2) is 14.1. The van der Waals surface area contributed by atoms with Gasteiger partial charge in [0.15, 0.2) is 0 Å². The van der Waals surface area contributed by atoms with Gasteiger partial charge in [-0.05, 0) is 92.2 Å². The van der Waals surface area contributed by atoms with Gasteiger partial charge >= 0.3 is 13.3 Å². The molecular weight excluding hydrogens is 429 g/mol. The molecule has 1 saturated carbocycles. The van der Waals surface area contributed by atoms with Gasteiger partial charge in [-0.15, -0.1) is 0 Å². The molecule has 6 nitrogen and oxygen atoms in total. The zero-order chi connectivity index (χ0) is 23.3. The van der Waals surface area contributed by atoms with E-state index in [1.807, 2.05) is 36.4 Å². The standard InChI is InChI=1S/C23H31BClNO3.CO2/c25-20-8-12-22(13-9-20)29-21-10-6-17(7-11-21)4-5-18-15-19(16-18)23(26)3-1-2-14-24(27)28;2-1-3/h6-13,18-19,23,27-28H,1-5,14-16,26H2;. The molecule has 1 aliphatic carbocycles. The number of ether oxygens (including phenoxy) is 1. The molecule has 172 valence electrons. The van der Waals surface area contributed by atoms with Crippen molar-refractivity contribution in [1.82, 2.24) is 0 Å². The third-order valence-corrected chi connectivity index (χ3v) is 6.19. The van der Waals surface area contributed by atoms with Gasteiger partial charge in [0.2, 0.25) is 0 Å². The van der Waals surface area contributed by atoms with E-state index in [4.69, 9.17) is 41.7 Å². The van der Waals surface area contributed by atoms with Gasteiger partial charge in [0.1, 0.15) is 11.5 Å². The molecule has 1 fully saturated rings. The zero-order valence-electron chi connectivity index (χ0n) is 18.2. The third-order valence-electron chi connectivity index (χ3n) is 5.94. The highest BCUT2D eigenvalue weighted by molar-refractivity contribution is 6.40. The van der Waals surface area contributed by atoms with Crippen LogP contribution >= 0.6 is 11.6 Å². The second-order valence-corrected chi connectivity index (χ2v) is 8.78. The summed E-state index contributed by atoms with van der Waals surface area (Å²) in [6.45, 7) is 0. The van der Waals surface area contributed by atoms with Crippen LogP contribution in [0.3, 0.4) is 0 Å². The highest BCUT2D eigenvalue weighted by Crippen LogP contribution is 2.39. The molecule has 0 aliphatic heterocycles. The highest BCUT2D eigenvalue weighted by atomic mass is 35.5. The molecule has 2 aromatic carbocycles. The van der Waals surface area contributed by atoms with Gasteiger partial charge < -0.3 is 20.5 Å². The van der Waals surface area contributed by atoms with Crippen molar-refractivity contribution in [3.63, 3.8) is 0 Å². The summed E-state index contributed by atoms with van der Waals surface area (Å²) in [6.07, 6.45) is 8.23. The second-order valence-electron chi connectivity index (χ2n) is 8.35. The number of rotatable bonds is 11. The molecule has 0 aromatic heterocycles. The Morgan fingerprint density at radius 1 is 1.03 bits per heavy atom. The van der Waals surface area contributed by atoms with Crippen molar-refractivity contribution in [1.29, 1.82) is 0 Å². The predicted octanol–water partition coefficient (Wildman–Crippen LogP) is 4.48. The van der Waals surface area contributed by atoms with Gasteiger partial charge in [0.25, 0.3) is 0 Å². The van der Waals surface area contributed by atoms with Gasteiger partial charge in [-0.25, -0.2) is 0 Å². The first kappa shape index (κ1) is 26.1. The molecule has 0 heterocycles.